The largest absolute Gasteiger partial charge is 0.481 e. The van der Waals surface area contributed by atoms with Gasteiger partial charge in [-0.2, -0.15) is 0 Å². The van der Waals surface area contributed by atoms with Crippen LogP contribution in [-0.2, 0) is 18.4 Å². The third kappa shape index (κ3) is 4.47. The van der Waals surface area contributed by atoms with E-state index in [1.807, 2.05) is 17.8 Å². The summed E-state index contributed by atoms with van der Waals surface area (Å²) >= 11 is 0. The van der Waals surface area contributed by atoms with E-state index in [-0.39, 0.29) is 18.4 Å². The van der Waals surface area contributed by atoms with Crippen LogP contribution in [0.25, 0.3) is 0 Å². The molecule has 1 saturated heterocycles. The van der Waals surface area contributed by atoms with Crippen LogP contribution in [0.4, 0.5) is 4.79 Å². The number of likely N-dealkylation sites (tertiary alicyclic amines) is 1. The SMILES string of the molecule is Cn1ccnc1CNC(=O)N1CCCC(CCC(=O)O)C1. The van der Waals surface area contributed by atoms with E-state index in [9.17, 15) is 9.59 Å². The lowest BCUT2D eigenvalue weighted by Gasteiger charge is -2.32. The molecule has 1 unspecified atom stereocenters. The first kappa shape index (κ1) is 15.3. The minimum Gasteiger partial charge on any atom is -0.481 e. The molecule has 2 amide bonds. The number of carboxylic acid groups (broad SMARTS) is 1. The van der Waals surface area contributed by atoms with E-state index >= 15 is 0 Å². The number of carbonyl (C=O) groups is 2. The zero-order valence-corrected chi connectivity index (χ0v) is 12.3. The molecule has 21 heavy (non-hydrogen) atoms. The van der Waals surface area contributed by atoms with Gasteiger partial charge in [-0.05, 0) is 25.2 Å². The van der Waals surface area contributed by atoms with E-state index in [2.05, 4.69) is 10.3 Å². The van der Waals surface area contributed by atoms with Crippen LogP contribution in [0.5, 0.6) is 0 Å². The van der Waals surface area contributed by atoms with Gasteiger partial charge in [0.2, 0.25) is 0 Å². The molecule has 0 aromatic carbocycles. The lowest BCUT2D eigenvalue weighted by Crippen LogP contribution is -2.45. The predicted octanol–water partition coefficient (Wildman–Crippen LogP) is 1.21. The van der Waals surface area contributed by atoms with Crippen LogP contribution < -0.4 is 5.32 Å². The predicted molar refractivity (Wildman–Crippen MR) is 76.6 cm³/mol. The summed E-state index contributed by atoms with van der Waals surface area (Å²) < 4.78 is 1.87. The fourth-order valence-electron chi connectivity index (χ4n) is 2.65. The van der Waals surface area contributed by atoms with E-state index < -0.39 is 5.97 Å². The van der Waals surface area contributed by atoms with E-state index in [1.165, 1.54) is 0 Å². The molecular weight excluding hydrogens is 272 g/mol. The van der Waals surface area contributed by atoms with Gasteiger partial charge in [-0.15, -0.1) is 0 Å². The Bertz CT molecular complexity index is 500. The first-order valence-corrected chi connectivity index (χ1v) is 7.27. The van der Waals surface area contributed by atoms with Crippen molar-refractivity contribution in [2.45, 2.75) is 32.2 Å². The molecule has 7 nitrogen and oxygen atoms in total. The average molecular weight is 294 g/mol. The third-order valence-electron chi connectivity index (χ3n) is 3.89. The maximum atomic E-state index is 12.1. The van der Waals surface area contributed by atoms with E-state index in [4.69, 9.17) is 5.11 Å². The van der Waals surface area contributed by atoms with Crippen molar-refractivity contribution in [1.29, 1.82) is 0 Å². The normalized spacial score (nSPS) is 18.5. The second kappa shape index (κ2) is 7.10. The number of aromatic nitrogens is 2. The van der Waals surface area contributed by atoms with Gasteiger partial charge in [-0.1, -0.05) is 0 Å². The van der Waals surface area contributed by atoms with E-state index in [1.54, 1.807) is 11.1 Å². The van der Waals surface area contributed by atoms with Crippen LogP contribution in [0, 0.1) is 5.92 Å². The summed E-state index contributed by atoms with van der Waals surface area (Å²) in [6, 6.07) is -0.0991. The second-order valence-corrected chi connectivity index (χ2v) is 5.50. The summed E-state index contributed by atoms with van der Waals surface area (Å²) in [5.74, 6) is 0.322. The maximum absolute atomic E-state index is 12.1. The smallest absolute Gasteiger partial charge is 0.317 e. The van der Waals surface area contributed by atoms with Gasteiger partial charge in [0.15, 0.2) is 0 Å². The number of aliphatic carboxylic acids is 1. The van der Waals surface area contributed by atoms with Crippen molar-refractivity contribution in [3.63, 3.8) is 0 Å². The van der Waals surface area contributed by atoms with Gasteiger partial charge in [-0.25, -0.2) is 9.78 Å². The number of aryl methyl sites for hydroxylation is 1. The number of hydrogen-bond acceptors (Lipinski definition) is 3. The molecule has 2 rings (SSSR count). The summed E-state index contributed by atoms with van der Waals surface area (Å²) in [7, 11) is 1.89. The molecule has 0 bridgehead atoms. The number of urea groups is 1. The van der Waals surface area contributed by atoms with Gasteiger partial charge < -0.3 is 19.9 Å². The van der Waals surface area contributed by atoms with Gasteiger partial charge in [0.1, 0.15) is 5.82 Å². The van der Waals surface area contributed by atoms with Crippen LogP contribution in [0.2, 0.25) is 0 Å². The number of amides is 2. The summed E-state index contributed by atoms with van der Waals surface area (Å²) in [6.07, 6.45) is 6.27. The zero-order valence-electron chi connectivity index (χ0n) is 12.3. The zero-order chi connectivity index (χ0) is 15.2. The summed E-state index contributed by atoms with van der Waals surface area (Å²) in [4.78, 5) is 28.7. The van der Waals surface area contributed by atoms with Crippen LogP contribution in [0.3, 0.4) is 0 Å². The second-order valence-electron chi connectivity index (χ2n) is 5.50. The van der Waals surface area contributed by atoms with Gasteiger partial charge in [0.05, 0.1) is 6.54 Å². The Labute approximate surface area is 124 Å². The van der Waals surface area contributed by atoms with Crippen molar-refractivity contribution in [2.75, 3.05) is 13.1 Å². The molecule has 7 heteroatoms. The van der Waals surface area contributed by atoms with Gasteiger partial charge in [0.25, 0.3) is 0 Å². The fraction of sp³-hybridized carbons (Fsp3) is 0.643. The summed E-state index contributed by atoms with van der Waals surface area (Å²) in [5.41, 5.74) is 0. The van der Waals surface area contributed by atoms with Crippen molar-refractivity contribution < 1.29 is 14.7 Å². The average Bonchev–Trinajstić information content (AvgIpc) is 2.88. The number of imidazole rings is 1. The number of carboxylic acids is 1. The van der Waals surface area contributed by atoms with Gasteiger partial charge in [-0.3, -0.25) is 4.79 Å². The molecule has 1 aromatic rings. The quantitative estimate of drug-likeness (QED) is 0.854. The standard InChI is InChI=1S/C14H22N4O3/c1-17-8-6-15-12(17)9-16-14(21)18-7-2-3-11(10-18)4-5-13(19)20/h6,8,11H,2-5,7,9-10H2,1H3,(H,16,21)(H,19,20). The van der Waals surface area contributed by atoms with Crippen molar-refractivity contribution in [3.8, 4) is 0 Å². The molecule has 2 N–H and O–H groups in total. The molecule has 1 aliphatic rings. The van der Waals surface area contributed by atoms with Crippen molar-refractivity contribution in [2.24, 2.45) is 13.0 Å². The first-order chi connectivity index (χ1) is 10.1. The molecule has 0 spiro atoms. The lowest BCUT2D eigenvalue weighted by atomic mass is 9.93. The maximum Gasteiger partial charge on any atom is 0.317 e. The molecule has 1 aromatic heterocycles. The van der Waals surface area contributed by atoms with E-state index in [0.717, 1.165) is 25.2 Å². The number of nitrogens with one attached hydrogen (secondary N) is 1. The topological polar surface area (TPSA) is 87.5 Å². The highest BCUT2D eigenvalue weighted by atomic mass is 16.4. The lowest BCUT2D eigenvalue weighted by molar-refractivity contribution is -0.137. The Morgan fingerprint density at radius 3 is 3.00 bits per heavy atom. The monoisotopic (exact) mass is 294 g/mol. The minimum absolute atomic E-state index is 0.0991. The Morgan fingerprint density at radius 2 is 2.33 bits per heavy atom. The Hall–Kier alpha value is -2.05. The molecule has 0 aliphatic carbocycles. The van der Waals surface area contributed by atoms with Crippen LogP contribution in [0.1, 0.15) is 31.5 Å². The van der Waals surface area contributed by atoms with Crippen LogP contribution >= 0.6 is 0 Å². The molecule has 1 atom stereocenters. The first-order valence-electron chi connectivity index (χ1n) is 7.27. The minimum atomic E-state index is -0.772. The van der Waals surface area contributed by atoms with Crippen LogP contribution in [0.15, 0.2) is 12.4 Å². The molecular formula is C14H22N4O3. The van der Waals surface area contributed by atoms with Crippen molar-refractivity contribution in [3.05, 3.63) is 18.2 Å². The highest BCUT2D eigenvalue weighted by Crippen LogP contribution is 2.21. The van der Waals surface area contributed by atoms with Crippen molar-refractivity contribution >= 4 is 12.0 Å². The highest BCUT2D eigenvalue weighted by molar-refractivity contribution is 5.74. The number of piperidine rings is 1. The van der Waals surface area contributed by atoms with Gasteiger partial charge >= 0.3 is 12.0 Å². The Balaban J connectivity index is 1.79. The van der Waals surface area contributed by atoms with Crippen molar-refractivity contribution in [1.82, 2.24) is 19.8 Å². The number of nitrogens with zero attached hydrogens (tertiary/aromatic N) is 3. The molecule has 2 heterocycles. The highest BCUT2D eigenvalue weighted by Gasteiger charge is 2.24. The third-order valence-corrected chi connectivity index (χ3v) is 3.89. The number of rotatable bonds is 5. The van der Waals surface area contributed by atoms with Crippen LogP contribution in [-0.4, -0.2) is 44.6 Å². The Kier molecular flexibility index (Phi) is 5.19. The molecule has 116 valence electrons. The van der Waals surface area contributed by atoms with E-state index in [0.29, 0.717) is 19.5 Å². The number of carbonyl (C=O) groups excluding carboxylic acids is 1. The summed E-state index contributed by atoms with van der Waals surface area (Å²) in [6.45, 7) is 1.77. The Morgan fingerprint density at radius 1 is 1.52 bits per heavy atom. The molecule has 0 saturated carbocycles. The summed E-state index contributed by atoms with van der Waals surface area (Å²) in [5, 5.41) is 11.6. The number of hydrogen-bond donors (Lipinski definition) is 2. The molecule has 0 radical (unpaired) electrons. The molecule has 1 fully saturated rings. The fourth-order valence-corrected chi connectivity index (χ4v) is 2.65. The molecule has 1 aliphatic heterocycles. The van der Waals surface area contributed by atoms with Gasteiger partial charge in [0, 0.05) is 39.0 Å².